The normalized spacial score (nSPS) is 19.7. The van der Waals surface area contributed by atoms with Crippen LogP contribution >= 0.6 is 0 Å². The molecule has 0 saturated heterocycles. The number of aliphatic hydroxyl groups is 1. The van der Waals surface area contributed by atoms with Crippen molar-refractivity contribution in [2.45, 2.75) is 50.4 Å². The second kappa shape index (κ2) is 6.87. The summed E-state index contributed by atoms with van der Waals surface area (Å²) in [4.78, 5) is 0. The van der Waals surface area contributed by atoms with Crippen molar-refractivity contribution >= 4 is 0 Å². The van der Waals surface area contributed by atoms with Gasteiger partial charge in [-0.2, -0.15) is 13.2 Å². The average molecular weight is 317 g/mol. The van der Waals surface area contributed by atoms with Gasteiger partial charge in [0, 0.05) is 6.42 Å². The van der Waals surface area contributed by atoms with Crippen LogP contribution in [-0.4, -0.2) is 23.6 Å². The monoisotopic (exact) mass is 317 g/mol. The van der Waals surface area contributed by atoms with Gasteiger partial charge in [-0.05, 0) is 36.5 Å². The van der Waals surface area contributed by atoms with E-state index in [9.17, 15) is 18.3 Å². The van der Waals surface area contributed by atoms with Gasteiger partial charge < -0.3 is 9.84 Å². The molecule has 0 bridgehead atoms. The number of hydrogen-bond acceptors (Lipinski definition) is 3. The number of rotatable bonds is 5. The van der Waals surface area contributed by atoms with E-state index in [2.05, 4.69) is 0 Å². The Morgan fingerprint density at radius 3 is 2.50 bits per heavy atom. The lowest BCUT2D eigenvalue weighted by atomic mass is 9.90. The number of alkyl halides is 3. The van der Waals surface area contributed by atoms with Crippen LogP contribution < -0.4 is 10.5 Å². The molecule has 2 rings (SSSR count). The Morgan fingerprint density at radius 2 is 1.86 bits per heavy atom. The Kier molecular flexibility index (Phi) is 5.34. The summed E-state index contributed by atoms with van der Waals surface area (Å²) in [6, 6.07) is 6.32. The van der Waals surface area contributed by atoms with Gasteiger partial charge in [-0.1, -0.05) is 31.4 Å². The fraction of sp³-hybridized carbons (Fsp3) is 0.625. The van der Waals surface area contributed by atoms with Crippen LogP contribution in [0.4, 0.5) is 13.2 Å². The Labute approximate surface area is 128 Å². The Morgan fingerprint density at radius 1 is 1.18 bits per heavy atom. The molecule has 3 N–H and O–H groups in total. The van der Waals surface area contributed by atoms with Crippen LogP contribution in [-0.2, 0) is 6.42 Å². The molecule has 0 radical (unpaired) electrons. The SMILES string of the molecule is NC(O)(Cc1cccc(OCC2CCCCC2)c1)C(F)(F)F. The van der Waals surface area contributed by atoms with E-state index in [1.807, 2.05) is 0 Å². The molecule has 1 aliphatic rings. The first-order chi connectivity index (χ1) is 10.3. The van der Waals surface area contributed by atoms with Gasteiger partial charge in [0.25, 0.3) is 0 Å². The maximum absolute atomic E-state index is 12.6. The summed E-state index contributed by atoms with van der Waals surface area (Å²) < 4.78 is 43.5. The van der Waals surface area contributed by atoms with Gasteiger partial charge in [-0.3, -0.25) is 5.73 Å². The molecule has 0 heterocycles. The van der Waals surface area contributed by atoms with E-state index >= 15 is 0 Å². The quantitative estimate of drug-likeness (QED) is 0.818. The highest BCUT2D eigenvalue weighted by atomic mass is 19.4. The second-order valence-electron chi connectivity index (χ2n) is 6.06. The molecule has 1 unspecified atom stereocenters. The van der Waals surface area contributed by atoms with Gasteiger partial charge in [-0.25, -0.2) is 0 Å². The molecule has 1 aliphatic carbocycles. The lowest BCUT2D eigenvalue weighted by Crippen LogP contribution is -2.55. The highest BCUT2D eigenvalue weighted by Gasteiger charge is 2.50. The molecule has 0 aliphatic heterocycles. The molecule has 0 amide bonds. The summed E-state index contributed by atoms with van der Waals surface area (Å²) in [7, 11) is 0. The number of nitrogens with two attached hydrogens (primary N) is 1. The van der Waals surface area contributed by atoms with E-state index in [1.165, 1.54) is 31.4 Å². The van der Waals surface area contributed by atoms with Crippen molar-refractivity contribution in [3.8, 4) is 5.75 Å². The second-order valence-corrected chi connectivity index (χ2v) is 6.06. The van der Waals surface area contributed by atoms with E-state index < -0.39 is 18.3 Å². The molecule has 124 valence electrons. The molecule has 1 saturated carbocycles. The minimum Gasteiger partial charge on any atom is -0.493 e. The van der Waals surface area contributed by atoms with Crippen molar-refractivity contribution < 1.29 is 23.0 Å². The van der Waals surface area contributed by atoms with E-state index in [0.717, 1.165) is 12.8 Å². The summed E-state index contributed by atoms with van der Waals surface area (Å²) in [5.41, 5.74) is 2.02. The molecule has 1 aromatic carbocycles. The van der Waals surface area contributed by atoms with Crippen molar-refractivity contribution in [1.29, 1.82) is 0 Å². The molecular weight excluding hydrogens is 295 g/mol. The Hall–Kier alpha value is -1.27. The highest BCUT2D eigenvalue weighted by molar-refractivity contribution is 5.29. The zero-order valence-corrected chi connectivity index (χ0v) is 12.4. The van der Waals surface area contributed by atoms with Gasteiger partial charge in [0.05, 0.1) is 6.61 Å². The van der Waals surface area contributed by atoms with E-state index in [0.29, 0.717) is 23.8 Å². The Bertz CT molecular complexity index is 483. The fourth-order valence-corrected chi connectivity index (χ4v) is 2.72. The third kappa shape index (κ3) is 4.61. The van der Waals surface area contributed by atoms with Crippen molar-refractivity contribution in [3.05, 3.63) is 29.8 Å². The molecular formula is C16H22F3NO2. The summed E-state index contributed by atoms with van der Waals surface area (Å²) in [5, 5.41) is 9.34. The van der Waals surface area contributed by atoms with Crippen LogP contribution in [0, 0.1) is 5.92 Å². The predicted molar refractivity (Wildman–Crippen MR) is 77.4 cm³/mol. The zero-order chi connectivity index (χ0) is 16.2. The summed E-state index contributed by atoms with van der Waals surface area (Å²) in [6.45, 7) is 0.579. The summed E-state index contributed by atoms with van der Waals surface area (Å²) >= 11 is 0. The zero-order valence-electron chi connectivity index (χ0n) is 12.4. The van der Waals surface area contributed by atoms with Crippen molar-refractivity contribution in [3.63, 3.8) is 0 Å². The lowest BCUT2D eigenvalue weighted by Gasteiger charge is -2.26. The molecule has 0 spiro atoms. The van der Waals surface area contributed by atoms with Crippen LogP contribution in [0.25, 0.3) is 0 Å². The first-order valence-corrected chi connectivity index (χ1v) is 7.58. The maximum Gasteiger partial charge on any atom is 0.431 e. The molecule has 0 aromatic heterocycles. The maximum atomic E-state index is 12.6. The largest absolute Gasteiger partial charge is 0.493 e. The number of halogens is 3. The van der Waals surface area contributed by atoms with Crippen LogP contribution in [0.1, 0.15) is 37.7 Å². The third-order valence-corrected chi connectivity index (χ3v) is 4.07. The van der Waals surface area contributed by atoms with Gasteiger partial charge in [0.2, 0.25) is 5.72 Å². The van der Waals surface area contributed by atoms with E-state index in [-0.39, 0.29) is 0 Å². The first-order valence-electron chi connectivity index (χ1n) is 7.58. The molecule has 1 atom stereocenters. The first kappa shape index (κ1) is 17.1. The highest BCUT2D eigenvalue weighted by Crippen LogP contribution is 2.30. The van der Waals surface area contributed by atoms with Crippen LogP contribution in [0.3, 0.4) is 0 Å². The fourth-order valence-electron chi connectivity index (χ4n) is 2.72. The Balaban J connectivity index is 1.94. The minimum atomic E-state index is -4.87. The molecule has 6 heteroatoms. The molecule has 22 heavy (non-hydrogen) atoms. The van der Waals surface area contributed by atoms with Crippen molar-refractivity contribution in [2.75, 3.05) is 6.61 Å². The minimum absolute atomic E-state index is 0.295. The standard InChI is InChI=1S/C16H22F3NO2/c17-16(18,19)15(20,21)10-13-7-4-8-14(9-13)22-11-12-5-2-1-3-6-12/h4,7-9,12,21H,1-3,5-6,10-11,20H2. The van der Waals surface area contributed by atoms with Gasteiger partial charge in [-0.15, -0.1) is 0 Å². The molecule has 3 nitrogen and oxygen atoms in total. The van der Waals surface area contributed by atoms with Crippen molar-refractivity contribution in [2.24, 2.45) is 11.7 Å². The number of benzene rings is 1. The van der Waals surface area contributed by atoms with E-state index in [1.54, 1.807) is 12.1 Å². The van der Waals surface area contributed by atoms with Gasteiger partial charge >= 0.3 is 6.18 Å². The van der Waals surface area contributed by atoms with Gasteiger partial charge in [0.15, 0.2) is 0 Å². The third-order valence-electron chi connectivity index (χ3n) is 4.07. The molecule has 1 fully saturated rings. The van der Waals surface area contributed by atoms with E-state index in [4.69, 9.17) is 10.5 Å². The summed E-state index contributed by atoms with van der Waals surface area (Å²) in [6.07, 6.45) is 0.383. The van der Waals surface area contributed by atoms with Crippen LogP contribution in [0.5, 0.6) is 5.75 Å². The molecule has 1 aromatic rings. The van der Waals surface area contributed by atoms with Gasteiger partial charge in [0.1, 0.15) is 5.75 Å². The smallest absolute Gasteiger partial charge is 0.431 e. The number of hydrogen-bond donors (Lipinski definition) is 2. The van der Waals surface area contributed by atoms with Crippen molar-refractivity contribution in [1.82, 2.24) is 0 Å². The predicted octanol–water partition coefficient (Wildman–Crippen LogP) is 3.40. The average Bonchev–Trinajstić information content (AvgIpc) is 2.45. The number of ether oxygens (including phenoxy) is 1. The van der Waals surface area contributed by atoms with Crippen LogP contribution in [0.2, 0.25) is 0 Å². The van der Waals surface area contributed by atoms with Crippen LogP contribution in [0.15, 0.2) is 24.3 Å². The lowest BCUT2D eigenvalue weighted by molar-refractivity contribution is -0.257. The summed E-state index contributed by atoms with van der Waals surface area (Å²) in [5.74, 6) is 1.03. The topological polar surface area (TPSA) is 55.5 Å².